The molecule has 0 aliphatic rings. The quantitative estimate of drug-likeness (QED) is 0.202. The average Bonchev–Trinajstić information content (AvgIpc) is 2.56. The zero-order valence-corrected chi connectivity index (χ0v) is 24.0. The molecule has 0 amide bonds. The van der Waals surface area contributed by atoms with Gasteiger partial charge in [0.05, 0.1) is 24.7 Å². The Kier molecular flexibility index (Phi) is 20.0. The van der Waals surface area contributed by atoms with E-state index in [9.17, 15) is 4.39 Å². The Bertz CT molecular complexity index is 612. The van der Waals surface area contributed by atoms with E-state index in [1.54, 1.807) is 6.07 Å². The standard InChI is InChI=1S/C20H27FNP.3BrH.Ir/c1-4-12-23(13-5-2,14-6-3)19-9-7-8-17(15-19)20-11-10-18(21)16-22-20;;;;/h7,9-11,15-16H,4-6,12-14H2,1-3H3;3*1H;/p-3. The Labute approximate surface area is 209 Å². The molecular weight excluding hydrogens is 736 g/mol. The maximum atomic E-state index is 13.1. The second kappa shape index (κ2) is 16.6. The molecule has 1 aromatic carbocycles. The van der Waals surface area contributed by atoms with Crippen LogP contribution in [-0.2, 0) is 20.1 Å². The predicted molar refractivity (Wildman–Crippen MR) is 100 cm³/mol. The molecule has 0 saturated heterocycles. The Morgan fingerprint density at radius 2 is 1.48 bits per heavy atom. The minimum atomic E-state index is -1.13. The Morgan fingerprint density at radius 3 is 1.93 bits per heavy atom. The molecule has 1 aromatic heterocycles. The van der Waals surface area contributed by atoms with E-state index in [1.807, 2.05) is 6.07 Å². The van der Waals surface area contributed by atoms with Crippen molar-refractivity contribution in [3.63, 3.8) is 0 Å². The van der Waals surface area contributed by atoms with E-state index in [-0.39, 0.29) is 76.9 Å². The third-order valence-corrected chi connectivity index (χ3v) is 9.57. The molecule has 7 heteroatoms. The maximum Gasteiger partial charge on any atom is 0.139 e. The summed E-state index contributed by atoms with van der Waals surface area (Å²) in [6.45, 7) is 6.87. The fraction of sp³-hybridized carbons (Fsp3) is 0.450. The number of nitrogens with zero attached hydrogens (tertiary/aromatic N) is 1. The first-order valence-corrected chi connectivity index (χ1v) is 11.0. The third kappa shape index (κ3) is 9.01. The van der Waals surface area contributed by atoms with Gasteiger partial charge in [-0.15, -0.1) is 29.8 Å². The number of halogens is 4. The summed E-state index contributed by atoms with van der Waals surface area (Å²) in [6, 6.07) is 13.0. The molecule has 27 heavy (non-hydrogen) atoms. The topological polar surface area (TPSA) is 12.9 Å². The summed E-state index contributed by atoms with van der Waals surface area (Å²) in [6.07, 6.45) is 8.92. The molecule has 0 bridgehead atoms. The van der Waals surface area contributed by atoms with E-state index in [0.717, 1.165) is 11.3 Å². The van der Waals surface area contributed by atoms with E-state index >= 15 is 0 Å². The molecule has 1 heterocycles. The minimum absolute atomic E-state index is 0. The smallest absolute Gasteiger partial charge is 0.139 e. The third-order valence-electron chi connectivity index (χ3n) is 4.29. The van der Waals surface area contributed by atoms with Crippen molar-refractivity contribution in [3.8, 4) is 11.3 Å². The maximum absolute atomic E-state index is 13.1. The van der Waals surface area contributed by atoms with Gasteiger partial charge in [-0.25, -0.2) is 4.39 Å². The van der Waals surface area contributed by atoms with Gasteiger partial charge in [-0.1, -0.05) is 26.8 Å². The van der Waals surface area contributed by atoms with Crippen molar-refractivity contribution in [1.29, 1.82) is 0 Å². The van der Waals surface area contributed by atoms with E-state index in [4.69, 9.17) is 0 Å². The summed E-state index contributed by atoms with van der Waals surface area (Å²) in [4.78, 5) is 4.22. The van der Waals surface area contributed by atoms with Crippen LogP contribution in [-0.4, -0.2) is 23.5 Å². The number of pyridine rings is 1. The van der Waals surface area contributed by atoms with E-state index in [0.29, 0.717) is 0 Å². The summed E-state index contributed by atoms with van der Waals surface area (Å²) in [5.74, 6) is -0.297. The van der Waals surface area contributed by atoms with Gasteiger partial charge in [0.2, 0.25) is 0 Å². The van der Waals surface area contributed by atoms with Crippen LogP contribution < -0.4 is 56.2 Å². The van der Waals surface area contributed by atoms with Gasteiger partial charge in [-0.2, -0.15) is 0 Å². The largest absolute Gasteiger partial charge is 1.00 e. The molecule has 0 unspecified atom stereocenters. The van der Waals surface area contributed by atoms with Crippen LogP contribution >= 0.6 is 7.26 Å². The van der Waals surface area contributed by atoms with Crippen LogP contribution in [0.2, 0.25) is 0 Å². The van der Waals surface area contributed by atoms with Crippen LogP contribution in [0.1, 0.15) is 40.0 Å². The summed E-state index contributed by atoms with van der Waals surface area (Å²) in [7, 11) is -1.13. The van der Waals surface area contributed by atoms with E-state index < -0.39 is 7.26 Å². The first-order chi connectivity index (χ1) is 11.1. The molecule has 0 fully saturated rings. The van der Waals surface area contributed by atoms with Crippen molar-refractivity contribution < 1.29 is 75.4 Å². The molecule has 157 valence electrons. The van der Waals surface area contributed by atoms with Crippen LogP contribution in [0.5, 0.6) is 0 Å². The first kappa shape index (κ1) is 32.5. The van der Waals surface area contributed by atoms with Crippen molar-refractivity contribution >= 4 is 12.6 Å². The normalized spacial score (nSPS) is 9.93. The van der Waals surface area contributed by atoms with Gasteiger partial charge in [0, 0.05) is 32.7 Å². The molecule has 0 aliphatic heterocycles. The van der Waals surface area contributed by atoms with E-state index in [2.05, 4.69) is 44.0 Å². The summed E-state index contributed by atoms with van der Waals surface area (Å²) in [5.41, 5.74) is 1.78. The second-order valence-electron chi connectivity index (χ2n) is 6.14. The Hall–Kier alpha value is 0.819. The summed E-state index contributed by atoms with van der Waals surface area (Å²) in [5, 5.41) is 1.49. The van der Waals surface area contributed by atoms with Gasteiger partial charge >= 0.3 is 0 Å². The first-order valence-electron chi connectivity index (χ1n) is 8.65. The van der Waals surface area contributed by atoms with Crippen LogP contribution in [0, 0.1) is 11.9 Å². The van der Waals surface area contributed by atoms with Crippen LogP contribution in [0.4, 0.5) is 4.39 Å². The molecule has 0 atom stereocenters. The Balaban J connectivity index is -0.00000144. The fourth-order valence-electron chi connectivity index (χ4n) is 3.44. The number of hydrogen-bond donors (Lipinski definition) is 0. The van der Waals surface area contributed by atoms with Crippen molar-refractivity contribution in [2.24, 2.45) is 0 Å². The average molecular weight is 763 g/mol. The van der Waals surface area contributed by atoms with E-state index in [1.165, 1.54) is 55.3 Å². The zero-order chi connectivity index (χ0) is 16.7. The fourth-order valence-corrected chi connectivity index (χ4v) is 8.25. The van der Waals surface area contributed by atoms with Gasteiger partial charge in [0.15, 0.2) is 0 Å². The van der Waals surface area contributed by atoms with Gasteiger partial charge in [-0.05, 0) is 31.0 Å². The molecule has 2 aromatic rings. The minimum Gasteiger partial charge on any atom is -1.00 e. The van der Waals surface area contributed by atoms with Crippen molar-refractivity contribution in [1.82, 2.24) is 4.98 Å². The molecule has 0 N–H and O–H groups in total. The number of rotatable bonds is 8. The molecular formula is C20H27Br3FIrNP-3. The van der Waals surface area contributed by atoms with Crippen molar-refractivity contribution in [2.75, 3.05) is 18.5 Å². The molecule has 1 nitrogen and oxygen atoms in total. The van der Waals surface area contributed by atoms with Crippen LogP contribution in [0.3, 0.4) is 0 Å². The van der Waals surface area contributed by atoms with Gasteiger partial charge in [0.1, 0.15) is 5.82 Å². The SMILES string of the molecule is CCC[P+](CCC)(CCC)c1cc[c-]c(-c2ccc(F)cn2)c1.[Br-].[Br-].[Br-].[Ir]. The molecule has 2 rings (SSSR count). The number of benzene rings is 1. The van der Waals surface area contributed by atoms with Crippen LogP contribution in [0.25, 0.3) is 11.3 Å². The monoisotopic (exact) mass is 761 g/mol. The molecule has 0 spiro atoms. The Morgan fingerprint density at radius 1 is 0.926 bits per heavy atom. The van der Waals surface area contributed by atoms with Crippen molar-refractivity contribution in [3.05, 3.63) is 48.4 Å². The molecule has 0 aliphatic carbocycles. The predicted octanol–water partition coefficient (Wildman–Crippen LogP) is -3.43. The summed E-state index contributed by atoms with van der Waals surface area (Å²) >= 11 is 0. The molecule has 1 radical (unpaired) electrons. The van der Waals surface area contributed by atoms with Gasteiger partial charge in [-0.3, -0.25) is 0 Å². The summed E-state index contributed by atoms with van der Waals surface area (Å²) < 4.78 is 13.1. The van der Waals surface area contributed by atoms with Crippen LogP contribution in [0.15, 0.2) is 36.5 Å². The zero-order valence-electron chi connectivity index (χ0n) is 15.9. The second-order valence-corrected chi connectivity index (χ2v) is 10.3. The van der Waals surface area contributed by atoms with Gasteiger partial charge < -0.3 is 55.9 Å². The van der Waals surface area contributed by atoms with Gasteiger partial charge in [0.25, 0.3) is 0 Å². The molecule has 0 saturated carbocycles. The van der Waals surface area contributed by atoms with Crippen molar-refractivity contribution in [2.45, 2.75) is 40.0 Å². The number of hydrogen-bond acceptors (Lipinski definition) is 1. The number of aromatic nitrogens is 1.